The molecule has 30 heavy (non-hydrogen) atoms. The van der Waals surface area contributed by atoms with Crippen molar-refractivity contribution < 1.29 is 4.74 Å². The molecule has 0 unspecified atom stereocenters. The highest BCUT2D eigenvalue weighted by atomic mass is 32.1. The summed E-state index contributed by atoms with van der Waals surface area (Å²) in [6.45, 7) is 7.59. The zero-order chi connectivity index (χ0) is 21.0. The molecule has 6 heteroatoms. The van der Waals surface area contributed by atoms with Crippen LogP contribution in [0, 0.1) is 6.92 Å². The number of aliphatic imine (C=N–C) groups is 1. The van der Waals surface area contributed by atoms with Gasteiger partial charge in [0.2, 0.25) is 0 Å². The fraction of sp³-hybridized carbons (Fsp3) is 0.333. The fourth-order valence-corrected chi connectivity index (χ4v) is 3.80. The molecule has 2 N–H and O–H groups in total. The van der Waals surface area contributed by atoms with Crippen LogP contribution in [0.4, 0.5) is 0 Å². The molecule has 3 aromatic rings. The van der Waals surface area contributed by atoms with Crippen LogP contribution >= 0.6 is 11.3 Å². The van der Waals surface area contributed by atoms with Gasteiger partial charge >= 0.3 is 0 Å². The maximum atomic E-state index is 5.93. The zero-order valence-electron chi connectivity index (χ0n) is 17.7. The van der Waals surface area contributed by atoms with Crippen molar-refractivity contribution in [2.75, 3.05) is 13.1 Å². The Morgan fingerprint density at radius 1 is 1.00 bits per heavy atom. The first-order valence-electron chi connectivity index (χ1n) is 10.4. The monoisotopic (exact) mass is 422 g/mol. The van der Waals surface area contributed by atoms with Crippen molar-refractivity contribution in [3.05, 3.63) is 87.4 Å². The van der Waals surface area contributed by atoms with Crippen LogP contribution in [-0.4, -0.2) is 24.0 Å². The summed E-state index contributed by atoms with van der Waals surface area (Å²) in [7, 11) is 0. The van der Waals surface area contributed by atoms with Gasteiger partial charge < -0.3 is 15.4 Å². The number of hydrogen-bond acceptors (Lipinski definition) is 4. The van der Waals surface area contributed by atoms with Crippen LogP contribution < -0.4 is 10.6 Å². The molecule has 2 aromatic carbocycles. The van der Waals surface area contributed by atoms with Crippen molar-refractivity contribution in [3.63, 3.8) is 0 Å². The minimum absolute atomic E-state index is 0.577. The molecule has 0 fully saturated rings. The summed E-state index contributed by atoms with van der Waals surface area (Å²) in [4.78, 5) is 10.4. The van der Waals surface area contributed by atoms with E-state index in [2.05, 4.69) is 59.8 Å². The third kappa shape index (κ3) is 7.28. The van der Waals surface area contributed by atoms with Crippen molar-refractivity contribution in [1.29, 1.82) is 0 Å². The molecule has 3 rings (SSSR count). The van der Waals surface area contributed by atoms with Gasteiger partial charge in [-0.1, -0.05) is 54.6 Å². The summed E-state index contributed by atoms with van der Waals surface area (Å²) in [5.41, 5.74) is 3.53. The maximum absolute atomic E-state index is 5.93. The third-order valence-corrected chi connectivity index (χ3v) is 5.51. The SMILES string of the molecule is CCNC(=NCc1ccccc1COCc1ccccc1)NCCc1ncc(C)s1. The molecule has 158 valence electrons. The Balaban J connectivity index is 1.53. The number of nitrogens with one attached hydrogen (secondary N) is 2. The highest BCUT2D eigenvalue weighted by molar-refractivity contribution is 7.11. The Morgan fingerprint density at radius 3 is 2.50 bits per heavy atom. The van der Waals surface area contributed by atoms with Gasteiger partial charge in [0, 0.05) is 30.6 Å². The van der Waals surface area contributed by atoms with E-state index < -0.39 is 0 Å². The van der Waals surface area contributed by atoms with Crippen LogP contribution in [0.5, 0.6) is 0 Å². The second-order valence-corrected chi connectivity index (χ2v) is 8.30. The number of nitrogens with zero attached hydrogens (tertiary/aromatic N) is 2. The standard InChI is InChI=1S/C24H30N4OS/c1-3-25-24(26-14-13-23-27-15-19(2)30-23)28-16-21-11-7-8-12-22(21)18-29-17-20-9-5-4-6-10-20/h4-12,15H,3,13-14,16-18H2,1-2H3,(H2,25,26,28). The summed E-state index contributed by atoms with van der Waals surface area (Å²) >= 11 is 1.75. The number of thiazole rings is 1. The number of ether oxygens (including phenoxy) is 1. The molecule has 0 atom stereocenters. The van der Waals surface area contributed by atoms with Gasteiger partial charge in [0.15, 0.2) is 5.96 Å². The van der Waals surface area contributed by atoms with Gasteiger partial charge in [-0.15, -0.1) is 11.3 Å². The molecule has 0 aliphatic heterocycles. The van der Waals surface area contributed by atoms with Gasteiger partial charge in [0.25, 0.3) is 0 Å². The molecule has 0 bridgehead atoms. The molecule has 0 aliphatic carbocycles. The van der Waals surface area contributed by atoms with Crippen LogP contribution in [0.2, 0.25) is 0 Å². The Hall–Kier alpha value is -2.70. The van der Waals surface area contributed by atoms with Crippen molar-refractivity contribution in [1.82, 2.24) is 15.6 Å². The van der Waals surface area contributed by atoms with Crippen LogP contribution in [0.1, 0.15) is 33.5 Å². The summed E-state index contributed by atoms with van der Waals surface area (Å²) in [6, 6.07) is 18.6. The lowest BCUT2D eigenvalue weighted by Gasteiger charge is -2.12. The Bertz CT molecular complexity index is 924. The number of benzene rings is 2. The van der Waals surface area contributed by atoms with E-state index in [-0.39, 0.29) is 0 Å². The normalized spacial score (nSPS) is 11.5. The number of hydrogen-bond donors (Lipinski definition) is 2. The minimum Gasteiger partial charge on any atom is -0.372 e. The van der Waals surface area contributed by atoms with E-state index in [0.29, 0.717) is 19.8 Å². The molecule has 1 heterocycles. The first-order valence-corrected chi connectivity index (χ1v) is 11.2. The van der Waals surface area contributed by atoms with Crippen molar-refractivity contribution in [2.45, 2.75) is 40.0 Å². The van der Waals surface area contributed by atoms with E-state index in [4.69, 9.17) is 9.73 Å². The third-order valence-electron chi connectivity index (χ3n) is 4.54. The predicted molar refractivity (Wildman–Crippen MR) is 125 cm³/mol. The fourth-order valence-electron chi connectivity index (χ4n) is 3.02. The average Bonchev–Trinajstić information content (AvgIpc) is 3.18. The van der Waals surface area contributed by atoms with E-state index in [1.807, 2.05) is 30.5 Å². The summed E-state index contributed by atoms with van der Waals surface area (Å²) in [5, 5.41) is 7.88. The predicted octanol–water partition coefficient (Wildman–Crippen LogP) is 4.47. The van der Waals surface area contributed by atoms with Gasteiger partial charge in [-0.3, -0.25) is 0 Å². The number of aryl methyl sites for hydroxylation is 1. The Labute approximate surface area is 183 Å². The van der Waals surface area contributed by atoms with Gasteiger partial charge in [0.05, 0.1) is 24.8 Å². The molecule has 0 aliphatic rings. The number of aromatic nitrogens is 1. The summed E-state index contributed by atoms with van der Waals surface area (Å²) in [6.07, 6.45) is 2.82. The molecule has 0 amide bonds. The molecule has 0 saturated heterocycles. The van der Waals surface area contributed by atoms with E-state index in [1.165, 1.54) is 21.6 Å². The summed E-state index contributed by atoms with van der Waals surface area (Å²) in [5.74, 6) is 0.825. The lowest BCUT2D eigenvalue weighted by molar-refractivity contribution is 0.106. The first-order chi connectivity index (χ1) is 14.7. The second-order valence-electron chi connectivity index (χ2n) is 6.98. The highest BCUT2D eigenvalue weighted by Crippen LogP contribution is 2.13. The number of rotatable bonds is 10. The van der Waals surface area contributed by atoms with E-state index in [9.17, 15) is 0 Å². The van der Waals surface area contributed by atoms with E-state index >= 15 is 0 Å². The molecule has 1 aromatic heterocycles. The topological polar surface area (TPSA) is 58.5 Å². The Kier molecular flexibility index (Phi) is 8.87. The molecule has 0 spiro atoms. The molecule has 0 radical (unpaired) electrons. The van der Waals surface area contributed by atoms with Crippen LogP contribution in [-0.2, 0) is 30.9 Å². The molecular weight excluding hydrogens is 392 g/mol. The van der Waals surface area contributed by atoms with Gasteiger partial charge in [0.1, 0.15) is 0 Å². The van der Waals surface area contributed by atoms with Crippen LogP contribution in [0.3, 0.4) is 0 Å². The molecular formula is C24H30N4OS. The van der Waals surface area contributed by atoms with Crippen molar-refractivity contribution in [3.8, 4) is 0 Å². The van der Waals surface area contributed by atoms with Gasteiger partial charge in [-0.05, 0) is 30.5 Å². The van der Waals surface area contributed by atoms with Crippen molar-refractivity contribution in [2.24, 2.45) is 4.99 Å². The molecule has 5 nitrogen and oxygen atoms in total. The van der Waals surface area contributed by atoms with Crippen LogP contribution in [0.25, 0.3) is 0 Å². The van der Waals surface area contributed by atoms with Gasteiger partial charge in [-0.2, -0.15) is 0 Å². The van der Waals surface area contributed by atoms with E-state index in [1.54, 1.807) is 11.3 Å². The highest BCUT2D eigenvalue weighted by Gasteiger charge is 2.04. The lowest BCUT2D eigenvalue weighted by atomic mass is 10.1. The largest absolute Gasteiger partial charge is 0.372 e. The van der Waals surface area contributed by atoms with Crippen molar-refractivity contribution >= 4 is 17.3 Å². The quantitative estimate of drug-likeness (QED) is 0.374. The average molecular weight is 423 g/mol. The second kappa shape index (κ2) is 12.1. The number of guanidine groups is 1. The maximum Gasteiger partial charge on any atom is 0.191 e. The first kappa shape index (κ1) is 22.0. The minimum atomic E-state index is 0.577. The van der Waals surface area contributed by atoms with Crippen LogP contribution in [0.15, 0.2) is 65.8 Å². The smallest absolute Gasteiger partial charge is 0.191 e. The van der Waals surface area contributed by atoms with E-state index in [0.717, 1.165) is 30.5 Å². The summed E-state index contributed by atoms with van der Waals surface area (Å²) < 4.78 is 5.93. The molecule has 0 saturated carbocycles. The van der Waals surface area contributed by atoms with Gasteiger partial charge in [-0.25, -0.2) is 9.98 Å². The Morgan fingerprint density at radius 2 is 1.77 bits per heavy atom. The zero-order valence-corrected chi connectivity index (χ0v) is 18.5. The lowest BCUT2D eigenvalue weighted by Crippen LogP contribution is -2.38.